The summed E-state index contributed by atoms with van der Waals surface area (Å²) in [5.41, 5.74) is -0.385. The van der Waals surface area contributed by atoms with Crippen LogP contribution in [0.15, 0.2) is 96.8 Å². The summed E-state index contributed by atoms with van der Waals surface area (Å²) in [7, 11) is 0. The van der Waals surface area contributed by atoms with Gasteiger partial charge in [-0.05, 0) is 66.4 Å². The van der Waals surface area contributed by atoms with E-state index in [4.69, 9.17) is 4.74 Å². The Balaban J connectivity index is 1.47. The summed E-state index contributed by atoms with van der Waals surface area (Å²) in [6.45, 7) is 1.79. The average molecular weight is 575 g/mol. The Hall–Kier alpha value is -4.40. The molecule has 0 spiro atoms. The molecule has 0 saturated heterocycles. The fourth-order valence-electron chi connectivity index (χ4n) is 4.02. The van der Waals surface area contributed by atoms with Gasteiger partial charge in [0.2, 0.25) is 0 Å². The molecule has 41 heavy (non-hydrogen) atoms. The van der Waals surface area contributed by atoms with E-state index >= 15 is 0 Å². The third kappa shape index (κ3) is 6.85. The van der Waals surface area contributed by atoms with E-state index in [-0.39, 0.29) is 23.3 Å². The summed E-state index contributed by atoms with van der Waals surface area (Å²) in [4.78, 5) is 0. The smallest absolute Gasteiger partial charge is 0.426 e. The van der Waals surface area contributed by atoms with Gasteiger partial charge < -0.3 is 4.74 Å². The Bertz CT molecular complexity index is 1570. The molecular weight excluding hydrogens is 552 g/mol. The summed E-state index contributed by atoms with van der Waals surface area (Å²) < 4.78 is 118. The number of halogens is 8. The first-order valence-corrected chi connectivity index (χ1v) is 12.4. The minimum atomic E-state index is -3.98. The van der Waals surface area contributed by atoms with Crippen molar-refractivity contribution < 1.29 is 39.9 Å². The highest BCUT2D eigenvalue weighted by Gasteiger charge is 2.35. The van der Waals surface area contributed by atoms with Crippen molar-refractivity contribution in [2.24, 2.45) is 0 Å². The van der Waals surface area contributed by atoms with Gasteiger partial charge in [-0.25, -0.2) is 26.3 Å². The van der Waals surface area contributed by atoms with Gasteiger partial charge in [0.25, 0.3) is 0 Å². The lowest BCUT2D eigenvalue weighted by atomic mass is 10.0. The van der Waals surface area contributed by atoms with Crippen LogP contribution in [0.4, 0.5) is 35.1 Å². The van der Waals surface area contributed by atoms with Crippen LogP contribution in [0.1, 0.15) is 30.9 Å². The van der Waals surface area contributed by atoms with Crippen LogP contribution in [0.5, 0.6) is 5.75 Å². The molecule has 212 valence electrons. The van der Waals surface area contributed by atoms with Gasteiger partial charge in [0.05, 0.1) is 5.56 Å². The molecule has 9 heteroatoms. The third-order valence-corrected chi connectivity index (χ3v) is 6.18. The highest BCUT2D eigenvalue weighted by molar-refractivity contribution is 5.69. The molecule has 0 aliphatic carbocycles. The van der Waals surface area contributed by atoms with Crippen LogP contribution in [0, 0.1) is 23.3 Å². The highest BCUT2D eigenvalue weighted by Crippen LogP contribution is 2.36. The second kappa shape index (κ2) is 12.4. The molecule has 0 N–H and O–H groups in total. The predicted molar refractivity (Wildman–Crippen MR) is 141 cm³/mol. The minimum Gasteiger partial charge on any atom is -0.429 e. The highest BCUT2D eigenvalue weighted by atomic mass is 19.3. The molecule has 0 heterocycles. The van der Waals surface area contributed by atoms with Crippen molar-refractivity contribution in [3.63, 3.8) is 0 Å². The van der Waals surface area contributed by atoms with Crippen LogP contribution in [0.3, 0.4) is 0 Å². The molecule has 1 nitrogen and oxygen atoms in total. The summed E-state index contributed by atoms with van der Waals surface area (Å²) >= 11 is 0. The summed E-state index contributed by atoms with van der Waals surface area (Å²) in [6.07, 6.45) is -0.187. The van der Waals surface area contributed by atoms with E-state index in [1.807, 2.05) is 0 Å². The topological polar surface area (TPSA) is 9.23 Å². The van der Waals surface area contributed by atoms with Gasteiger partial charge in [-0.15, -0.1) is 0 Å². The van der Waals surface area contributed by atoms with Crippen molar-refractivity contribution in [1.29, 1.82) is 0 Å². The fourth-order valence-corrected chi connectivity index (χ4v) is 4.02. The molecular formula is C32H22F8O. The normalized spacial score (nSPS) is 12.5. The van der Waals surface area contributed by atoms with Crippen molar-refractivity contribution in [2.45, 2.75) is 25.9 Å². The zero-order valence-electron chi connectivity index (χ0n) is 21.5. The van der Waals surface area contributed by atoms with Gasteiger partial charge in [0.15, 0.2) is 23.3 Å². The van der Waals surface area contributed by atoms with Gasteiger partial charge >= 0.3 is 6.11 Å². The van der Waals surface area contributed by atoms with Gasteiger partial charge in [-0.2, -0.15) is 8.78 Å². The second-order valence-electron chi connectivity index (χ2n) is 9.00. The third-order valence-electron chi connectivity index (χ3n) is 6.18. The molecule has 0 saturated carbocycles. The van der Waals surface area contributed by atoms with Crippen molar-refractivity contribution in [3.8, 4) is 28.0 Å². The van der Waals surface area contributed by atoms with Gasteiger partial charge in [-0.3, -0.25) is 0 Å². The Morgan fingerprint density at radius 1 is 0.732 bits per heavy atom. The number of ether oxygens (including phenoxy) is 1. The van der Waals surface area contributed by atoms with Crippen LogP contribution in [0.2, 0.25) is 0 Å². The summed E-state index contributed by atoms with van der Waals surface area (Å²) in [5, 5.41) is 0. The molecule has 4 aromatic carbocycles. The number of hydrogen-bond donors (Lipinski definition) is 0. The van der Waals surface area contributed by atoms with E-state index in [9.17, 15) is 35.1 Å². The van der Waals surface area contributed by atoms with Crippen LogP contribution < -0.4 is 4.74 Å². The molecule has 0 aliphatic rings. The quantitative estimate of drug-likeness (QED) is 0.110. The van der Waals surface area contributed by atoms with E-state index in [0.29, 0.717) is 35.7 Å². The first kappa shape index (κ1) is 29.6. The van der Waals surface area contributed by atoms with Crippen LogP contribution in [-0.2, 0) is 6.11 Å². The summed E-state index contributed by atoms with van der Waals surface area (Å²) in [6, 6.07) is 14.7. The van der Waals surface area contributed by atoms with Crippen molar-refractivity contribution in [1.82, 2.24) is 0 Å². The standard InChI is InChI=1S/C32H22F8O/c1-2-3-4-5-26(33)30(37)21-8-6-19(7-9-21)20-10-13-24(14-11-20)41-32(39,40)23-12-15-25(27(34)18-23)22-16-28(35)31(38)29(36)17-22/h2-3,6-18H,4-5H2,1H3/b3-2+,30-26+. The Morgan fingerprint density at radius 3 is 1.88 bits per heavy atom. The SMILES string of the molecule is C/C=C/CC/C(F)=C(\F)c1ccc(-c2ccc(OC(F)(F)c3ccc(-c4cc(F)c(F)c(F)c4)c(F)c3)cc2)cc1. The number of benzene rings is 4. The molecule has 0 amide bonds. The predicted octanol–water partition coefficient (Wildman–Crippen LogP) is 10.7. The van der Waals surface area contributed by atoms with Crippen LogP contribution in [-0.4, -0.2) is 0 Å². The molecule has 0 aromatic heterocycles. The Labute approximate surface area is 231 Å². The molecule has 4 rings (SSSR count). The summed E-state index contributed by atoms with van der Waals surface area (Å²) in [5.74, 6) is -8.12. The second-order valence-corrected chi connectivity index (χ2v) is 9.00. The van der Waals surface area contributed by atoms with E-state index < -0.39 is 52.2 Å². The van der Waals surface area contributed by atoms with E-state index in [0.717, 1.165) is 12.1 Å². The van der Waals surface area contributed by atoms with Crippen LogP contribution >= 0.6 is 0 Å². The van der Waals surface area contributed by atoms with Crippen molar-refractivity contribution in [3.05, 3.63) is 131 Å². The van der Waals surface area contributed by atoms with Crippen molar-refractivity contribution >= 4 is 5.83 Å². The van der Waals surface area contributed by atoms with E-state index in [1.165, 1.54) is 36.4 Å². The zero-order chi connectivity index (χ0) is 29.7. The number of alkyl halides is 2. The first-order chi connectivity index (χ1) is 19.5. The van der Waals surface area contributed by atoms with E-state index in [1.54, 1.807) is 31.2 Å². The van der Waals surface area contributed by atoms with Crippen LogP contribution in [0.25, 0.3) is 28.1 Å². The number of allylic oxidation sites excluding steroid dienone is 3. The fraction of sp³-hybridized carbons (Fsp3) is 0.125. The molecule has 4 aromatic rings. The molecule has 0 bridgehead atoms. The molecule has 0 aliphatic heterocycles. The number of rotatable bonds is 9. The Kier molecular flexibility index (Phi) is 8.95. The van der Waals surface area contributed by atoms with E-state index in [2.05, 4.69) is 0 Å². The maximum Gasteiger partial charge on any atom is 0.426 e. The molecule has 0 atom stereocenters. The molecule has 0 radical (unpaired) electrons. The largest absolute Gasteiger partial charge is 0.429 e. The lowest BCUT2D eigenvalue weighted by molar-refractivity contribution is -0.185. The first-order valence-electron chi connectivity index (χ1n) is 12.4. The maximum atomic E-state index is 14.8. The molecule has 0 fully saturated rings. The lowest BCUT2D eigenvalue weighted by Crippen LogP contribution is -2.22. The molecule has 0 unspecified atom stereocenters. The Morgan fingerprint density at radius 2 is 1.32 bits per heavy atom. The number of hydrogen-bond acceptors (Lipinski definition) is 1. The minimum absolute atomic E-state index is 0.0605. The van der Waals surface area contributed by atoms with Gasteiger partial charge in [0, 0.05) is 17.5 Å². The monoisotopic (exact) mass is 574 g/mol. The zero-order valence-corrected chi connectivity index (χ0v) is 21.5. The maximum absolute atomic E-state index is 14.8. The lowest BCUT2D eigenvalue weighted by Gasteiger charge is -2.19. The van der Waals surface area contributed by atoms with Gasteiger partial charge in [-0.1, -0.05) is 54.6 Å². The van der Waals surface area contributed by atoms with Crippen molar-refractivity contribution in [2.75, 3.05) is 0 Å². The van der Waals surface area contributed by atoms with Gasteiger partial charge in [0.1, 0.15) is 17.4 Å². The average Bonchev–Trinajstić information content (AvgIpc) is 2.95.